The summed E-state index contributed by atoms with van der Waals surface area (Å²) in [4.78, 5) is 4.42. The van der Waals surface area contributed by atoms with E-state index in [1.165, 1.54) is 35.7 Å². The summed E-state index contributed by atoms with van der Waals surface area (Å²) in [6.07, 6.45) is -3.24. The first-order valence-corrected chi connectivity index (χ1v) is 9.30. The average molecular weight is 450 g/mol. The SMILES string of the molecule is N#CC(=CNc1ccccc1C(F)(F)F)c1nc(-c2cccc(Br)c2)cs1. The largest absolute Gasteiger partial charge is 0.418 e. The van der Waals surface area contributed by atoms with Crippen molar-refractivity contribution in [2.45, 2.75) is 6.18 Å². The Labute approximate surface area is 165 Å². The predicted molar refractivity (Wildman–Crippen MR) is 104 cm³/mol. The lowest BCUT2D eigenvalue weighted by Crippen LogP contribution is -2.08. The monoisotopic (exact) mass is 449 g/mol. The van der Waals surface area contributed by atoms with Crippen LogP contribution in [-0.4, -0.2) is 4.98 Å². The molecule has 1 heterocycles. The van der Waals surface area contributed by atoms with E-state index in [0.717, 1.165) is 16.1 Å². The van der Waals surface area contributed by atoms with E-state index in [0.29, 0.717) is 10.7 Å². The molecular formula is C19H11BrF3N3S. The maximum atomic E-state index is 13.1. The molecule has 0 unspecified atom stereocenters. The minimum Gasteiger partial charge on any atom is -0.360 e. The molecule has 3 rings (SSSR count). The Morgan fingerprint density at radius 1 is 1.19 bits per heavy atom. The average Bonchev–Trinajstić information content (AvgIpc) is 3.12. The van der Waals surface area contributed by atoms with Crippen LogP contribution in [0.4, 0.5) is 18.9 Å². The highest BCUT2D eigenvalue weighted by Gasteiger charge is 2.33. The van der Waals surface area contributed by atoms with Gasteiger partial charge in [-0.05, 0) is 24.3 Å². The summed E-state index contributed by atoms with van der Waals surface area (Å²) in [6.45, 7) is 0. The third-order valence-corrected chi connectivity index (χ3v) is 4.95. The van der Waals surface area contributed by atoms with Crippen LogP contribution in [0.25, 0.3) is 16.8 Å². The summed E-state index contributed by atoms with van der Waals surface area (Å²) in [5, 5.41) is 14.2. The molecule has 0 aliphatic heterocycles. The standard InChI is InChI=1S/C19H11BrF3N3S/c20-14-5-3-4-12(8-14)17-11-27-18(26-17)13(9-24)10-25-16-7-2-1-6-15(16)19(21,22)23/h1-8,10-11,25H. The Morgan fingerprint density at radius 2 is 1.96 bits per heavy atom. The number of thiazole rings is 1. The van der Waals surface area contributed by atoms with Crippen LogP contribution in [0.3, 0.4) is 0 Å². The maximum Gasteiger partial charge on any atom is 0.418 e. The molecule has 0 radical (unpaired) electrons. The van der Waals surface area contributed by atoms with Crippen LogP contribution < -0.4 is 5.32 Å². The molecule has 0 fully saturated rings. The second-order valence-corrected chi connectivity index (χ2v) is 7.18. The van der Waals surface area contributed by atoms with Crippen molar-refractivity contribution in [1.82, 2.24) is 4.98 Å². The number of aromatic nitrogens is 1. The lowest BCUT2D eigenvalue weighted by atomic mass is 10.1. The lowest BCUT2D eigenvalue weighted by Gasteiger charge is -2.12. The highest BCUT2D eigenvalue weighted by molar-refractivity contribution is 9.10. The van der Waals surface area contributed by atoms with Crippen molar-refractivity contribution in [3.05, 3.63) is 75.2 Å². The van der Waals surface area contributed by atoms with Gasteiger partial charge in [0, 0.05) is 21.6 Å². The van der Waals surface area contributed by atoms with Gasteiger partial charge in [-0.15, -0.1) is 11.3 Å². The molecule has 0 atom stereocenters. The number of allylic oxidation sites excluding steroid dienone is 1. The summed E-state index contributed by atoms with van der Waals surface area (Å²) in [5.41, 5.74) is 0.792. The van der Waals surface area contributed by atoms with Gasteiger partial charge < -0.3 is 5.32 Å². The van der Waals surface area contributed by atoms with Crippen LogP contribution in [-0.2, 0) is 6.18 Å². The molecule has 0 amide bonds. The number of alkyl halides is 3. The van der Waals surface area contributed by atoms with Crippen LogP contribution in [0.5, 0.6) is 0 Å². The molecule has 3 nitrogen and oxygen atoms in total. The van der Waals surface area contributed by atoms with Crippen molar-refractivity contribution >= 4 is 38.5 Å². The van der Waals surface area contributed by atoms with Gasteiger partial charge in [0.25, 0.3) is 0 Å². The molecule has 136 valence electrons. The molecule has 0 aliphatic carbocycles. The Bertz CT molecular complexity index is 1030. The van der Waals surface area contributed by atoms with Crippen LogP contribution >= 0.6 is 27.3 Å². The Kier molecular flexibility index (Phi) is 5.63. The van der Waals surface area contributed by atoms with E-state index in [1.54, 1.807) is 5.38 Å². The van der Waals surface area contributed by atoms with Gasteiger partial charge in [-0.3, -0.25) is 0 Å². The number of rotatable bonds is 4. The fourth-order valence-corrected chi connectivity index (χ4v) is 3.52. The number of nitrogens with zero attached hydrogens (tertiary/aromatic N) is 2. The number of benzene rings is 2. The quantitative estimate of drug-likeness (QED) is 0.458. The van der Waals surface area contributed by atoms with Crippen LogP contribution in [0.15, 0.2) is 64.6 Å². The van der Waals surface area contributed by atoms with Gasteiger partial charge in [0.05, 0.1) is 16.9 Å². The predicted octanol–water partition coefficient (Wildman–Crippen LogP) is 6.57. The smallest absolute Gasteiger partial charge is 0.360 e. The van der Waals surface area contributed by atoms with Gasteiger partial charge in [0.2, 0.25) is 0 Å². The first kappa shape index (κ1) is 19.1. The second kappa shape index (κ2) is 7.94. The topological polar surface area (TPSA) is 48.7 Å². The fourth-order valence-electron chi connectivity index (χ4n) is 2.33. The minimum absolute atomic E-state index is 0.124. The van der Waals surface area contributed by atoms with Gasteiger partial charge in [0.15, 0.2) is 0 Å². The highest BCUT2D eigenvalue weighted by Crippen LogP contribution is 2.35. The molecule has 1 aromatic heterocycles. The summed E-state index contributed by atoms with van der Waals surface area (Å²) >= 11 is 4.64. The Balaban J connectivity index is 1.88. The van der Waals surface area contributed by atoms with Crippen LogP contribution in [0, 0.1) is 11.3 Å². The van der Waals surface area contributed by atoms with E-state index >= 15 is 0 Å². The number of hydrogen-bond acceptors (Lipinski definition) is 4. The third-order valence-electron chi connectivity index (χ3n) is 3.58. The molecule has 3 aromatic rings. The maximum absolute atomic E-state index is 13.1. The third kappa shape index (κ3) is 4.56. The highest BCUT2D eigenvalue weighted by atomic mass is 79.9. The normalized spacial score (nSPS) is 11.9. The van der Waals surface area contributed by atoms with E-state index in [1.807, 2.05) is 30.3 Å². The van der Waals surface area contributed by atoms with E-state index in [2.05, 4.69) is 26.2 Å². The van der Waals surface area contributed by atoms with E-state index in [9.17, 15) is 18.4 Å². The molecule has 27 heavy (non-hydrogen) atoms. The minimum atomic E-state index is -4.49. The number of para-hydroxylation sites is 1. The van der Waals surface area contributed by atoms with Crippen molar-refractivity contribution in [3.8, 4) is 17.3 Å². The summed E-state index contributed by atoms with van der Waals surface area (Å²) in [7, 11) is 0. The Morgan fingerprint density at radius 3 is 2.67 bits per heavy atom. The number of hydrogen-bond donors (Lipinski definition) is 1. The molecule has 0 bridgehead atoms. The van der Waals surface area contributed by atoms with Gasteiger partial charge in [0.1, 0.15) is 16.6 Å². The first-order valence-electron chi connectivity index (χ1n) is 7.63. The lowest BCUT2D eigenvalue weighted by molar-refractivity contribution is -0.136. The van der Waals surface area contributed by atoms with Gasteiger partial charge in [-0.2, -0.15) is 18.4 Å². The zero-order valence-electron chi connectivity index (χ0n) is 13.6. The van der Waals surface area contributed by atoms with Crippen molar-refractivity contribution in [1.29, 1.82) is 5.26 Å². The van der Waals surface area contributed by atoms with Gasteiger partial charge in [-0.1, -0.05) is 40.2 Å². The molecule has 2 aromatic carbocycles. The molecule has 0 saturated heterocycles. The number of halogens is 4. The Hall–Kier alpha value is -2.63. The molecule has 0 saturated carbocycles. The zero-order valence-corrected chi connectivity index (χ0v) is 16.0. The summed E-state index contributed by atoms with van der Waals surface area (Å²) < 4.78 is 40.1. The van der Waals surface area contributed by atoms with E-state index < -0.39 is 11.7 Å². The van der Waals surface area contributed by atoms with Crippen molar-refractivity contribution in [3.63, 3.8) is 0 Å². The van der Waals surface area contributed by atoms with E-state index in [4.69, 9.17) is 0 Å². The summed E-state index contributed by atoms with van der Waals surface area (Å²) in [5.74, 6) is 0. The number of nitriles is 1. The fraction of sp³-hybridized carbons (Fsp3) is 0.0526. The van der Waals surface area contributed by atoms with E-state index in [-0.39, 0.29) is 11.3 Å². The first-order chi connectivity index (χ1) is 12.9. The van der Waals surface area contributed by atoms with Gasteiger partial charge >= 0.3 is 6.18 Å². The molecular weight excluding hydrogens is 439 g/mol. The number of nitrogens with one attached hydrogen (secondary N) is 1. The van der Waals surface area contributed by atoms with Gasteiger partial charge in [-0.25, -0.2) is 4.98 Å². The van der Waals surface area contributed by atoms with Crippen molar-refractivity contribution < 1.29 is 13.2 Å². The van der Waals surface area contributed by atoms with Crippen LogP contribution in [0.1, 0.15) is 10.6 Å². The molecule has 0 aliphatic rings. The molecule has 1 N–H and O–H groups in total. The molecule has 8 heteroatoms. The second-order valence-electron chi connectivity index (χ2n) is 5.41. The summed E-state index contributed by atoms with van der Waals surface area (Å²) in [6, 6.07) is 14.6. The molecule has 0 spiro atoms. The number of anilines is 1. The zero-order chi connectivity index (χ0) is 19.4. The van der Waals surface area contributed by atoms with Crippen LogP contribution in [0.2, 0.25) is 0 Å². The van der Waals surface area contributed by atoms with Crippen molar-refractivity contribution in [2.75, 3.05) is 5.32 Å². The van der Waals surface area contributed by atoms with Crippen molar-refractivity contribution in [2.24, 2.45) is 0 Å².